The van der Waals surface area contributed by atoms with E-state index in [9.17, 15) is 5.11 Å². The molecule has 5 nitrogen and oxygen atoms in total. The Balaban J connectivity index is 2.13. The minimum Gasteiger partial charge on any atom is -0.480 e. The second-order valence-electron chi connectivity index (χ2n) is 4.26. The molecule has 19 heavy (non-hydrogen) atoms. The number of ether oxygens (including phenoxy) is 1. The van der Waals surface area contributed by atoms with Gasteiger partial charge in [0.1, 0.15) is 5.75 Å². The summed E-state index contributed by atoms with van der Waals surface area (Å²) in [5.74, 6) is 0.542. The predicted molar refractivity (Wildman–Crippen MR) is 72.9 cm³/mol. The zero-order valence-corrected chi connectivity index (χ0v) is 10.5. The van der Waals surface area contributed by atoms with Crippen molar-refractivity contribution in [2.75, 3.05) is 18.9 Å². The molecule has 2 aromatic rings. The fourth-order valence-corrected chi connectivity index (χ4v) is 1.86. The van der Waals surface area contributed by atoms with E-state index in [0.717, 1.165) is 11.3 Å². The molecule has 1 aromatic carbocycles. The van der Waals surface area contributed by atoms with E-state index < -0.39 is 6.10 Å². The Morgan fingerprint density at radius 1 is 1.26 bits per heavy atom. The van der Waals surface area contributed by atoms with Crippen LogP contribution >= 0.6 is 0 Å². The van der Waals surface area contributed by atoms with Gasteiger partial charge in [0, 0.05) is 12.8 Å². The smallest absolute Gasteiger partial charge is 0.161 e. The summed E-state index contributed by atoms with van der Waals surface area (Å²) in [5.41, 5.74) is 8.07. The molecule has 0 aliphatic carbocycles. The molecule has 1 atom stereocenters. The molecular weight excluding hydrogens is 244 g/mol. The molecule has 0 saturated heterocycles. The topological polar surface area (TPSA) is 91.5 Å². The number of hydrogen-bond donors (Lipinski definition) is 4. The fourth-order valence-electron chi connectivity index (χ4n) is 1.86. The lowest BCUT2D eigenvalue weighted by Gasteiger charge is -2.17. The number of para-hydroxylation sites is 2. The molecule has 102 valence electrons. The molecule has 1 aromatic heterocycles. The number of aliphatic hydroxyl groups excluding tert-OH is 2. The fraction of sp³-hybridized carbons (Fsp3) is 0.286. The highest BCUT2D eigenvalue weighted by molar-refractivity contribution is 5.52. The van der Waals surface area contributed by atoms with Crippen molar-refractivity contribution in [3.63, 3.8) is 0 Å². The van der Waals surface area contributed by atoms with E-state index in [1.165, 1.54) is 0 Å². The number of aromatic amines is 1. The first kappa shape index (κ1) is 13.5. The second-order valence-corrected chi connectivity index (χ2v) is 4.26. The van der Waals surface area contributed by atoms with Crippen molar-refractivity contribution in [3.8, 4) is 5.75 Å². The molecule has 2 rings (SSSR count). The highest BCUT2D eigenvalue weighted by Gasteiger charge is 2.15. The van der Waals surface area contributed by atoms with Crippen molar-refractivity contribution < 1.29 is 14.9 Å². The number of nitrogens with one attached hydrogen (secondary N) is 1. The molecule has 1 unspecified atom stereocenters. The maximum Gasteiger partial charge on any atom is 0.161 e. The van der Waals surface area contributed by atoms with Gasteiger partial charge in [0.15, 0.2) is 6.10 Å². The average molecular weight is 262 g/mol. The van der Waals surface area contributed by atoms with E-state index in [2.05, 4.69) is 4.98 Å². The number of hydrogen-bond acceptors (Lipinski definition) is 4. The molecule has 5 N–H and O–H groups in total. The van der Waals surface area contributed by atoms with E-state index in [-0.39, 0.29) is 13.2 Å². The van der Waals surface area contributed by atoms with Gasteiger partial charge >= 0.3 is 0 Å². The molecule has 0 amide bonds. The van der Waals surface area contributed by atoms with Crippen LogP contribution in [0.5, 0.6) is 5.75 Å². The number of nitrogen functional groups attached to an aromatic ring is 1. The van der Waals surface area contributed by atoms with Crippen molar-refractivity contribution >= 4 is 5.69 Å². The number of aromatic nitrogens is 1. The van der Waals surface area contributed by atoms with Crippen LogP contribution in [-0.4, -0.2) is 28.4 Å². The van der Waals surface area contributed by atoms with Crippen LogP contribution < -0.4 is 10.5 Å². The van der Waals surface area contributed by atoms with Crippen LogP contribution in [-0.2, 0) is 6.42 Å². The molecule has 1 heterocycles. The normalized spacial score (nSPS) is 12.3. The third-order valence-electron chi connectivity index (χ3n) is 2.87. The number of rotatable bonds is 6. The number of H-pyrrole nitrogens is 1. The first-order valence-electron chi connectivity index (χ1n) is 6.14. The number of benzene rings is 1. The SMILES string of the molecule is Nc1ccccc1OC(CO)c1cc(CCO)c[nH]1. The Hall–Kier alpha value is -1.98. The minimum absolute atomic E-state index is 0.0908. The van der Waals surface area contributed by atoms with Crippen molar-refractivity contribution in [2.24, 2.45) is 0 Å². The maximum absolute atomic E-state index is 9.44. The lowest BCUT2D eigenvalue weighted by Crippen LogP contribution is -2.13. The molecule has 5 heteroatoms. The van der Waals surface area contributed by atoms with E-state index in [1.54, 1.807) is 18.3 Å². The van der Waals surface area contributed by atoms with Gasteiger partial charge in [-0.3, -0.25) is 0 Å². The van der Waals surface area contributed by atoms with Crippen molar-refractivity contribution in [1.82, 2.24) is 4.98 Å². The Morgan fingerprint density at radius 2 is 2.05 bits per heavy atom. The largest absolute Gasteiger partial charge is 0.480 e. The monoisotopic (exact) mass is 262 g/mol. The third kappa shape index (κ3) is 3.27. The highest BCUT2D eigenvalue weighted by atomic mass is 16.5. The first-order chi connectivity index (χ1) is 9.24. The van der Waals surface area contributed by atoms with Gasteiger partial charge in [-0.1, -0.05) is 12.1 Å². The minimum atomic E-state index is -0.503. The quantitative estimate of drug-likeness (QED) is 0.589. The van der Waals surface area contributed by atoms with Gasteiger partial charge in [0.25, 0.3) is 0 Å². The van der Waals surface area contributed by atoms with Gasteiger partial charge < -0.3 is 25.7 Å². The van der Waals surface area contributed by atoms with E-state index in [4.69, 9.17) is 15.6 Å². The van der Waals surface area contributed by atoms with Crippen LogP contribution in [0.15, 0.2) is 36.5 Å². The highest BCUT2D eigenvalue weighted by Crippen LogP contribution is 2.26. The summed E-state index contributed by atoms with van der Waals surface area (Å²) in [4.78, 5) is 3.04. The van der Waals surface area contributed by atoms with Gasteiger partial charge in [0.2, 0.25) is 0 Å². The van der Waals surface area contributed by atoms with Crippen LogP contribution in [0.4, 0.5) is 5.69 Å². The van der Waals surface area contributed by atoms with E-state index in [1.807, 2.05) is 18.2 Å². The summed E-state index contributed by atoms with van der Waals surface area (Å²) in [7, 11) is 0. The summed E-state index contributed by atoms with van der Waals surface area (Å²) < 4.78 is 5.70. The van der Waals surface area contributed by atoms with Gasteiger partial charge in [-0.15, -0.1) is 0 Å². The molecule has 0 aliphatic rings. The van der Waals surface area contributed by atoms with Gasteiger partial charge in [-0.2, -0.15) is 0 Å². The Morgan fingerprint density at radius 3 is 2.74 bits per heavy atom. The lowest BCUT2D eigenvalue weighted by atomic mass is 10.2. The molecule has 0 spiro atoms. The summed E-state index contributed by atoms with van der Waals surface area (Å²) in [6.45, 7) is -0.0685. The van der Waals surface area contributed by atoms with Gasteiger partial charge in [-0.25, -0.2) is 0 Å². The number of nitrogens with two attached hydrogens (primary N) is 1. The standard InChI is InChI=1S/C14H18N2O3/c15-11-3-1-2-4-13(11)19-14(9-18)12-7-10(5-6-17)8-16-12/h1-4,7-8,14,16-18H,5-6,9,15H2. The molecule has 0 aliphatic heterocycles. The lowest BCUT2D eigenvalue weighted by molar-refractivity contribution is 0.114. The molecular formula is C14H18N2O3. The van der Waals surface area contributed by atoms with Crippen molar-refractivity contribution in [1.29, 1.82) is 0 Å². The Labute approximate surface area is 111 Å². The van der Waals surface area contributed by atoms with E-state index in [0.29, 0.717) is 17.9 Å². The third-order valence-corrected chi connectivity index (χ3v) is 2.87. The van der Waals surface area contributed by atoms with Gasteiger partial charge in [0.05, 0.1) is 18.0 Å². The summed E-state index contributed by atoms with van der Waals surface area (Å²) >= 11 is 0. The van der Waals surface area contributed by atoms with Crippen LogP contribution in [0.25, 0.3) is 0 Å². The zero-order chi connectivity index (χ0) is 13.7. The molecule has 0 fully saturated rings. The van der Waals surface area contributed by atoms with Crippen LogP contribution in [0.2, 0.25) is 0 Å². The summed E-state index contributed by atoms with van der Waals surface area (Å²) in [6, 6.07) is 9.03. The Bertz CT molecular complexity index is 525. The summed E-state index contributed by atoms with van der Waals surface area (Å²) in [6.07, 6.45) is 1.87. The number of anilines is 1. The number of aliphatic hydroxyl groups is 2. The molecule has 0 radical (unpaired) electrons. The van der Waals surface area contributed by atoms with Crippen LogP contribution in [0.3, 0.4) is 0 Å². The second kappa shape index (κ2) is 6.26. The predicted octanol–water partition coefficient (Wildman–Crippen LogP) is 1.24. The zero-order valence-electron chi connectivity index (χ0n) is 10.5. The van der Waals surface area contributed by atoms with Crippen LogP contribution in [0.1, 0.15) is 17.4 Å². The van der Waals surface area contributed by atoms with Crippen molar-refractivity contribution in [2.45, 2.75) is 12.5 Å². The summed E-state index contributed by atoms with van der Waals surface area (Å²) in [5, 5.41) is 18.3. The first-order valence-corrected chi connectivity index (χ1v) is 6.14. The average Bonchev–Trinajstić information content (AvgIpc) is 2.87. The maximum atomic E-state index is 9.44. The van der Waals surface area contributed by atoms with Crippen LogP contribution in [0, 0.1) is 0 Å². The molecule has 0 saturated carbocycles. The Kier molecular flexibility index (Phi) is 4.43. The van der Waals surface area contributed by atoms with Crippen molar-refractivity contribution in [3.05, 3.63) is 47.8 Å². The van der Waals surface area contributed by atoms with Gasteiger partial charge in [-0.05, 0) is 30.2 Å². The molecule has 0 bridgehead atoms. The van der Waals surface area contributed by atoms with E-state index >= 15 is 0 Å².